The fourth-order valence-corrected chi connectivity index (χ4v) is 3.65. The topological polar surface area (TPSA) is 137 Å². The Kier molecular flexibility index (Phi) is 7.07. The van der Waals surface area contributed by atoms with Crippen molar-refractivity contribution in [3.63, 3.8) is 0 Å². The number of ether oxygens (including phenoxy) is 3. The molecule has 2 amide bonds. The van der Waals surface area contributed by atoms with Gasteiger partial charge in [0.25, 0.3) is 17.5 Å². The molecule has 0 unspecified atom stereocenters. The van der Waals surface area contributed by atoms with E-state index in [0.717, 1.165) is 4.90 Å². The molecular formula is C25H18ClN3O8. The molecule has 0 atom stereocenters. The summed E-state index contributed by atoms with van der Waals surface area (Å²) in [4.78, 5) is 49.4. The number of non-ortho nitro benzene ring substituents is 1. The van der Waals surface area contributed by atoms with Gasteiger partial charge < -0.3 is 19.5 Å². The summed E-state index contributed by atoms with van der Waals surface area (Å²) in [5.74, 6) is -1.33. The van der Waals surface area contributed by atoms with E-state index >= 15 is 0 Å². The molecule has 12 heteroatoms. The van der Waals surface area contributed by atoms with E-state index in [-0.39, 0.29) is 39.2 Å². The summed E-state index contributed by atoms with van der Waals surface area (Å²) >= 11 is 6.21. The molecule has 0 aliphatic carbocycles. The van der Waals surface area contributed by atoms with Gasteiger partial charge in [-0.2, -0.15) is 0 Å². The number of nitrogens with one attached hydrogen (secondary N) is 1. The van der Waals surface area contributed by atoms with Crippen LogP contribution in [0.4, 0.5) is 17.1 Å². The first-order chi connectivity index (χ1) is 17.7. The van der Waals surface area contributed by atoms with Crippen molar-refractivity contribution in [2.45, 2.75) is 0 Å². The number of hydrogen-bond acceptors (Lipinski definition) is 9. The number of nitrogens with zero attached hydrogens (tertiary/aromatic N) is 2. The number of anilines is 2. The van der Waals surface area contributed by atoms with Crippen LogP contribution >= 0.6 is 11.6 Å². The minimum atomic E-state index is -0.746. The lowest BCUT2D eigenvalue weighted by molar-refractivity contribution is -0.384. The first kappa shape index (κ1) is 25.2. The second-order valence-electron chi connectivity index (χ2n) is 7.52. The van der Waals surface area contributed by atoms with Gasteiger partial charge in [0.05, 0.1) is 30.4 Å². The molecule has 0 aromatic heterocycles. The van der Waals surface area contributed by atoms with Gasteiger partial charge in [-0.1, -0.05) is 11.6 Å². The number of benzene rings is 3. The number of nitro groups is 1. The third-order valence-electron chi connectivity index (χ3n) is 5.30. The van der Waals surface area contributed by atoms with Gasteiger partial charge in [0.2, 0.25) is 0 Å². The van der Waals surface area contributed by atoms with Crippen LogP contribution < -0.4 is 24.4 Å². The highest BCUT2D eigenvalue weighted by molar-refractivity contribution is 6.53. The van der Waals surface area contributed by atoms with Gasteiger partial charge in [0.15, 0.2) is 0 Å². The van der Waals surface area contributed by atoms with Crippen molar-refractivity contribution in [1.29, 1.82) is 0 Å². The molecule has 1 heterocycles. The van der Waals surface area contributed by atoms with Crippen LogP contribution in [0.15, 0.2) is 77.5 Å². The van der Waals surface area contributed by atoms with Gasteiger partial charge in [-0.05, 0) is 48.5 Å². The highest BCUT2D eigenvalue weighted by atomic mass is 35.5. The maximum Gasteiger partial charge on any atom is 0.343 e. The zero-order valence-corrected chi connectivity index (χ0v) is 20.1. The van der Waals surface area contributed by atoms with Crippen LogP contribution in [0.1, 0.15) is 10.4 Å². The van der Waals surface area contributed by atoms with E-state index in [1.807, 2.05) is 0 Å². The minimum Gasteiger partial charge on any atom is -0.497 e. The largest absolute Gasteiger partial charge is 0.497 e. The molecular weight excluding hydrogens is 506 g/mol. The Balaban J connectivity index is 1.49. The van der Waals surface area contributed by atoms with Crippen molar-refractivity contribution in [3.05, 3.63) is 93.1 Å². The zero-order chi connectivity index (χ0) is 26.7. The lowest BCUT2D eigenvalue weighted by atomic mass is 10.2. The van der Waals surface area contributed by atoms with Gasteiger partial charge in [0, 0.05) is 23.9 Å². The summed E-state index contributed by atoms with van der Waals surface area (Å²) < 4.78 is 15.7. The number of rotatable bonds is 8. The Bertz CT molecular complexity index is 1440. The number of amides is 2. The van der Waals surface area contributed by atoms with Crippen molar-refractivity contribution in [2.24, 2.45) is 0 Å². The molecule has 0 radical (unpaired) electrons. The third-order valence-corrected chi connectivity index (χ3v) is 5.65. The highest BCUT2D eigenvalue weighted by Crippen LogP contribution is 2.38. The van der Waals surface area contributed by atoms with Gasteiger partial charge in [-0.15, -0.1) is 0 Å². The average molecular weight is 524 g/mol. The van der Waals surface area contributed by atoms with Gasteiger partial charge >= 0.3 is 5.97 Å². The fourth-order valence-electron chi connectivity index (χ4n) is 3.44. The van der Waals surface area contributed by atoms with Crippen LogP contribution in [0.25, 0.3) is 0 Å². The lowest BCUT2D eigenvalue weighted by Crippen LogP contribution is -2.32. The highest BCUT2D eigenvalue weighted by Gasteiger charge is 2.40. The zero-order valence-electron chi connectivity index (χ0n) is 19.4. The fraction of sp³-hybridized carbons (Fsp3) is 0.0800. The van der Waals surface area contributed by atoms with Crippen LogP contribution in [0.2, 0.25) is 0 Å². The Morgan fingerprint density at radius 3 is 2.16 bits per heavy atom. The molecule has 0 bridgehead atoms. The molecule has 3 aromatic rings. The van der Waals surface area contributed by atoms with Crippen LogP contribution in [-0.2, 0) is 9.59 Å². The van der Waals surface area contributed by atoms with Crippen LogP contribution in [0.3, 0.4) is 0 Å². The van der Waals surface area contributed by atoms with E-state index in [2.05, 4.69) is 5.32 Å². The van der Waals surface area contributed by atoms with Crippen LogP contribution in [0, 0.1) is 10.1 Å². The van der Waals surface area contributed by atoms with E-state index in [0.29, 0.717) is 11.4 Å². The number of hydrogen-bond donors (Lipinski definition) is 1. The molecule has 37 heavy (non-hydrogen) atoms. The molecule has 4 rings (SSSR count). The number of halogens is 1. The molecule has 11 nitrogen and oxygen atoms in total. The number of imide groups is 1. The standard InChI is InChI=1S/C25H18ClN3O8/c1-35-18-11-12-20(36-2)19(13-18)28-23(30)21(26)22(24(28)31)27-15-5-3-14(4-6-15)25(32)37-17-9-7-16(8-10-17)29(33)34/h3-13,27H,1-2H3. The molecule has 3 aromatic carbocycles. The molecule has 1 N–H and O–H groups in total. The molecule has 1 aliphatic rings. The molecule has 0 saturated heterocycles. The van der Waals surface area contributed by atoms with Crippen molar-refractivity contribution in [2.75, 3.05) is 24.4 Å². The van der Waals surface area contributed by atoms with Crippen molar-refractivity contribution < 1.29 is 33.5 Å². The summed E-state index contributed by atoms with van der Waals surface area (Å²) in [7, 11) is 2.85. The Labute approximate surface area is 214 Å². The van der Waals surface area contributed by atoms with E-state index in [1.54, 1.807) is 12.1 Å². The summed E-state index contributed by atoms with van der Waals surface area (Å²) in [5, 5.41) is 13.2. The third kappa shape index (κ3) is 5.07. The normalized spacial score (nSPS) is 13.0. The SMILES string of the molecule is COc1ccc(OC)c(N2C(=O)C(Cl)=C(Nc3ccc(C(=O)Oc4ccc([N+](=O)[O-])cc4)cc3)C2=O)c1. The Morgan fingerprint density at radius 2 is 1.57 bits per heavy atom. The number of carbonyl (C=O) groups is 3. The average Bonchev–Trinajstić information content (AvgIpc) is 3.11. The number of nitro benzene ring substituents is 1. The molecule has 0 saturated carbocycles. The van der Waals surface area contributed by atoms with Crippen LogP contribution in [-0.4, -0.2) is 36.9 Å². The maximum absolute atomic E-state index is 13.1. The van der Waals surface area contributed by atoms with Gasteiger partial charge in [-0.25, -0.2) is 9.69 Å². The smallest absolute Gasteiger partial charge is 0.343 e. The molecule has 0 spiro atoms. The second-order valence-corrected chi connectivity index (χ2v) is 7.89. The van der Waals surface area contributed by atoms with Crippen LogP contribution in [0.5, 0.6) is 17.2 Å². The maximum atomic E-state index is 13.1. The lowest BCUT2D eigenvalue weighted by Gasteiger charge is -2.19. The Hall–Kier alpha value is -4.90. The van der Waals surface area contributed by atoms with E-state index in [9.17, 15) is 24.5 Å². The summed E-state index contributed by atoms with van der Waals surface area (Å²) in [5.41, 5.74) is 0.432. The predicted octanol–water partition coefficient (Wildman–Crippen LogP) is 4.27. The Morgan fingerprint density at radius 1 is 0.919 bits per heavy atom. The van der Waals surface area contributed by atoms with Crippen molar-refractivity contribution >= 4 is 46.4 Å². The quantitative estimate of drug-likeness (QED) is 0.151. The number of esters is 1. The monoisotopic (exact) mass is 523 g/mol. The summed E-state index contributed by atoms with van der Waals surface area (Å²) in [6.07, 6.45) is 0. The molecule has 1 aliphatic heterocycles. The van der Waals surface area contributed by atoms with E-state index in [4.69, 9.17) is 25.8 Å². The molecule has 188 valence electrons. The van der Waals surface area contributed by atoms with E-state index in [1.165, 1.54) is 68.8 Å². The molecule has 0 fully saturated rings. The summed E-state index contributed by atoms with van der Waals surface area (Å²) in [6, 6.07) is 15.6. The second kappa shape index (κ2) is 10.4. The van der Waals surface area contributed by atoms with Gasteiger partial charge in [0.1, 0.15) is 28.0 Å². The minimum absolute atomic E-state index is 0.133. The number of methoxy groups -OCH3 is 2. The van der Waals surface area contributed by atoms with Gasteiger partial charge in [-0.3, -0.25) is 19.7 Å². The predicted molar refractivity (Wildman–Crippen MR) is 133 cm³/mol. The van der Waals surface area contributed by atoms with E-state index < -0.39 is 22.7 Å². The summed E-state index contributed by atoms with van der Waals surface area (Å²) in [6.45, 7) is 0. The van der Waals surface area contributed by atoms with Crippen molar-refractivity contribution in [3.8, 4) is 17.2 Å². The first-order valence-corrected chi connectivity index (χ1v) is 11.0. The van der Waals surface area contributed by atoms with Crippen molar-refractivity contribution in [1.82, 2.24) is 0 Å². The number of carbonyl (C=O) groups excluding carboxylic acids is 3. The first-order valence-electron chi connectivity index (χ1n) is 10.6.